The van der Waals surface area contributed by atoms with Crippen molar-refractivity contribution in [2.45, 2.75) is 19.9 Å². The van der Waals surface area contributed by atoms with Crippen LogP contribution in [0.4, 0.5) is 0 Å². The lowest BCUT2D eigenvalue weighted by molar-refractivity contribution is -0.123. The van der Waals surface area contributed by atoms with Crippen LogP contribution in [0.2, 0.25) is 0 Å². The van der Waals surface area contributed by atoms with E-state index in [4.69, 9.17) is 0 Å². The molecule has 1 aromatic carbocycles. The molecule has 3 aromatic rings. The minimum absolute atomic E-state index is 0.0990. The van der Waals surface area contributed by atoms with E-state index in [9.17, 15) is 9.59 Å². The van der Waals surface area contributed by atoms with Crippen molar-refractivity contribution >= 4 is 34.1 Å². The van der Waals surface area contributed by atoms with Crippen LogP contribution in [-0.2, 0) is 11.3 Å². The van der Waals surface area contributed by atoms with Gasteiger partial charge in [-0.2, -0.15) is 0 Å². The summed E-state index contributed by atoms with van der Waals surface area (Å²) in [6.45, 7) is 4.16. The number of piperazine rings is 1. The predicted octanol–water partition coefficient (Wildman–Crippen LogP) is 2.75. The molecule has 0 radical (unpaired) electrons. The molecule has 2 amide bonds. The van der Waals surface area contributed by atoms with Gasteiger partial charge in [-0.3, -0.25) is 9.59 Å². The maximum absolute atomic E-state index is 12.7. The van der Waals surface area contributed by atoms with Gasteiger partial charge in [0.2, 0.25) is 5.91 Å². The number of amides is 2. The van der Waals surface area contributed by atoms with E-state index in [1.165, 1.54) is 22.2 Å². The van der Waals surface area contributed by atoms with E-state index in [0.717, 1.165) is 23.7 Å². The first kappa shape index (κ1) is 16.8. The molecular weight excluding hydrogens is 348 g/mol. The minimum atomic E-state index is -0.180. The van der Waals surface area contributed by atoms with E-state index in [1.54, 1.807) is 10.3 Å². The molecule has 3 heterocycles. The lowest BCUT2D eigenvalue weighted by Crippen LogP contribution is -2.50. The largest absolute Gasteiger partial charge is 0.353 e. The Morgan fingerprint density at radius 3 is 3.00 bits per heavy atom. The number of aromatic nitrogens is 2. The van der Waals surface area contributed by atoms with Crippen molar-refractivity contribution in [2.75, 3.05) is 19.6 Å². The molecule has 0 atom stereocenters. The summed E-state index contributed by atoms with van der Waals surface area (Å²) < 4.78 is 2.26. The molecule has 26 heavy (non-hydrogen) atoms. The van der Waals surface area contributed by atoms with Gasteiger partial charge in [0.05, 0.1) is 12.2 Å². The molecule has 7 heteroatoms. The highest BCUT2D eigenvalue weighted by Gasteiger charge is 2.24. The van der Waals surface area contributed by atoms with Crippen LogP contribution in [0.3, 0.4) is 0 Å². The van der Waals surface area contributed by atoms with Crippen LogP contribution in [-0.4, -0.2) is 45.9 Å². The topological polar surface area (TPSA) is 67.2 Å². The molecule has 1 aliphatic heterocycles. The number of nitrogens with one attached hydrogen (secondary N) is 1. The smallest absolute Gasteiger partial charge is 0.273 e. The molecule has 0 saturated carbocycles. The molecule has 2 aromatic heterocycles. The summed E-state index contributed by atoms with van der Waals surface area (Å²) in [6.07, 6.45) is 1.02. The third-order valence-electron chi connectivity index (χ3n) is 4.53. The number of para-hydroxylation sites is 1. The van der Waals surface area contributed by atoms with E-state index in [-0.39, 0.29) is 18.4 Å². The molecule has 0 aliphatic carbocycles. The van der Waals surface area contributed by atoms with E-state index in [0.29, 0.717) is 18.8 Å². The monoisotopic (exact) mass is 368 g/mol. The van der Waals surface area contributed by atoms with Crippen molar-refractivity contribution in [1.82, 2.24) is 19.8 Å². The zero-order valence-electron chi connectivity index (χ0n) is 14.6. The third-order valence-corrected chi connectivity index (χ3v) is 5.39. The number of hydrogen-bond donors (Lipinski definition) is 1. The Morgan fingerprint density at radius 1 is 1.35 bits per heavy atom. The molecule has 1 aliphatic rings. The fraction of sp³-hybridized carbons (Fsp3) is 0.316. The number of fused-ring (bicyclic) bond motifs is 1. The number of rotatable bonds is 4. The van der Waals surface area contributed by atoms with Gasteiger partial charge >= 0.3 is 0 Å². The highest BCUT2D eigenvalue weighted by molar-refractivity contribution is 7.13. The van der Waals surface area contributed by atoms with Crippen LogP contribution in [0.1, 0.15) is 23.8 Å². The molecule has 134 valence electrons. The first-order valence-electron chi connectivity index (χ1n) is 8.77. The summed E-state index contributed by atoms with van der Waals surface area (Å²) >= 11 is 1.47. The molecular formula is C19H20N4O2S. The normalized spacial score (nSPS) is 14.7. The molecule has 6 nitrogen and oxygen atoms in total. The van der Waals surface area contributed by atoms with Crippen molar-refractivity contribution in [1.29, 1.82) is 0 Å². The fourth-order valence-electron chi connectivity index (χ4n) is 3.32. The van der Waals surface area contributed by atoms with Crippen LogP contribution in [0.25, 0.3) is 21.6 Å². The summed E-state index contributed by atoms with van der Waals surface area (Å²) in [5.41, 5.74) is 2.63. The second kappa shape index (κ2) is 6.92. The molecule has 1 fully saturated rings. The summed E-state index contributed by atoms with van der Waals surface area (Å²) in [6, 6.07) is 10.4. The van der Waals surface area contributed by atoms with Gasteiger partial charge in [-0.05, 0) is 18.6 Å². The SMILES string of the molecule is CCCn1c(-c2nc(C(=O)N3CCNC(=O)C3)cs2)cc2ccccc21. The van der Waals surface area contributed by atoms with Crippen molar-refractivity contribution < 1.29 is 9.59 Å². The van der Waals surface area contributed by atoms with Crippen molar-refractivity contribution in [3.05, 3.63) is 41.4 Å². The van der Waals surface area contributed by atoms with Gasteiger partial charge in [0.25, 0.3) is 5.91 Å². The van der Waals surface area contributed by atoms with Crippen LogP contribution < -0.4 is 5.32 Å². The highest BCUT2D eigenvalue weighted by atomic mass is 32.1. The Kier molecular flexibility index (Phi) is 4.46. The summed E-state index contributed by atoms with van der Waals surface area (Å²) in [7, 11) is 0. The molecule has 4 rings (SSSR count). The maximum Gasteiger partial charge on any atom is 0.273 e. The Labute approximate surface area is 155 Å². The van der Waals surface area contributed by atoms with E-state index < -0.39 is 0 Å². The predicted molar refractivity (Wildman–Crippen MR) is 102 cm³/mol. The molecule has 0 unspecified atom stereocenters. The minimum Gasteiger partial charge on any atom is -0.353 e. The number of carbonyl (C=O) groups is 2. The number of hydrogen-bond acceptors (Lipinski definition) is 4. The van der Waals surface area contributed by atoms with Gasteiger partial charge in [-0.1, -0.05) is 25.1 Å². The van der Waals surface area contributed by atoms with Gasteiger partial charge in [-0.15, -0.1) is 11.3 Å². The van der Waals surface area contributed by atoms with Gasteiger partial charge < -0.3 is 14.8 Å². The summed E-state index contributed by atoms with van der Waals surface area (Å²) in [4.78, 5) is 30.3. The standard InChI is InChI=1S/C19H20N4O2S/c1-2-8-23-15-6-4-3-5-13(15)10-16(23)18-21-14(12-26-18)19(25)22-9-7-20-17(24)11-22/h3-6,10,12H,2,7-9,11H2,1H3,(H,20,24). The van der Waals surface area contributed by atoms with Gasteiger partial charge in [0.1, 0.15) is 10.7 Å². The van der Waals surface area contributed by atoms with E-state index in [2.05, 4.69) is 40.0 Å². The van der Waals surface area contributed by atoms with Crippen LogP contribution in [0, 0.1) is 0 Å². The molecule has 0 bridgehead atoms. The fourth-order valence-corrected chi connectivity index (χ4v) is 4.13. The second-order valence-corrected chi connectivity index (χ2v) is 7.21. The van der Waals surface area contributed by atoms with Crippen LogP contribution in [0.5, 0.6) is 0 Å². The Hall–Kier alpha value is -2.67. The molecule has 1 N–H and O–H groups in total. The summed E-state index contributed by atoms with van der Waals surface area (Å²) in [5.74, 6) is -0.302. The van der Waals surface area contributed by atoms with Gasteiger partial charge in [0.15, 0.2) is 0 Å². The molecule has 1 saturated heterocycles. The zero-order valence-corrected chi connectivity index (χ0v) is 15.4. The highest BCUT2D eigenvalue weighted by Crippen LogP contribution is 2.31. The van der Waals surface area contributed by atoms with E-state index >= 15 is 0 Å². The van der Waals surface area contributed by atoms with Crippen LogP contribution >= 0.6 is 11.3 Å². The Morgan fingerprint density at radius 2 is 2.19 bits per heavy atom. The van der Waals surface area contributed by atoms with Gasteiger partial charge in [-0.25, -0.2) is 4.98 Å². The Balaban J connectivity index is 1.68. The number of aryl methyl sites for hydroxylation is 1. The van der Waals surface area contributed by atoms with Crippen molar-refractivity contribution in [3.63, 3.8) is 0 Å². The lowest BCUT2D eigenvalue weighted by atomic mass is 10.2. The number of nitrogens with zero attached hydrogens (tertiary/aromatic N) is 3. The first-order chi connectivity index (χ1) is 12.7. The number of thiazole rings is 1. The van der Waals surface area contributed by atoms with Crippen LogP contribution in [0.15, 0.2) is 35.7 Å². The maximum atomic E-state index is 12.7. The zero-order chi connectivity index (χ0) is 18.1. The summed E-state index contributed by atoms with van der Waals surface area (Å²) in [5, 5.41) is 6.53. The lowest BCUT2D eigenvalue weighted by Gasteiger charge is -2.25. The third kappa shape index (κ3) is 2.99. The second-order valence-electron chi connectivity index (χ2n) is 6.35. The average Bonchev–Trinajstić information content (AvgIpc) is 3.27. The molecule has 0 spiro atoms. The number of benzene rings is 1. The van der Waals surface area contributed by atoms with Gasteiger partial charge in [0, 0.05) is 35.9 Å². The van der Waals surface area contributed by atoms with Crippen molar-refractivity contribution in [3.8, 4) is 10.7 Å². The van der Waals surface area contributed by atoms with E-state index in [1.807, 2.05) is 12.1 Å². The Bertz CT molecular complexity index is 975. The number of carbonyl (C=O) groups excluding carboxylic acids is 2. The first-order valence-corrected chi connectivity index (χ1v) is 9.65. The van der Waals surface area contributed by atoms with Crippen molar-refractivity contribution in [2.24, 2.45) is 0 Å². The quantitative estimate of drug-likeness (QED) is 0.770. The average molecular weight is 368 g/mol.